The predicted octanol–water partition coefficient (Wildman–Crippen LogP) is 5.48. The van der Waals surface area contributed by atoms with Gasteiger partial charge >= 0.3 is 6.09 Å². The Morgan fingerprint density at radius 3 is 2.18 bits per heavy atom. The summed E-state index contributed by atoms with van der Waals surface area (Å²) in [6.45, 7) is 0.472. The van der Waals surface area contributed by atoms with E-state index >= 15 is 0 Å². The van der Waals surface area contributed by atoms with Crippen molar-refractivity contribution in [3.63, 3.8) is 0 Å². The highest BCUT2D eigenvalue weighted by Crippen LogP contribution is 2.29. The van der Waals surface area contributed by atoms with Crippen LogP contribution in [0.15, 0.2) is 78.9 Å². The van der Waals surface area contributed by atoms with Crippen molar-refractivity contribution in [3.05, 3.63) is 101 Å². The first-order chi connectivity index (χ1) is 16.0. The van der Waals surface area contributed by atoms with E-state index in [9.17, 15) is 19.1 Å². The number of halogens is 1. The van der Waals surface area contributed by atoms with Crippen molar-refractivity contribution >= 4 is 12.0 Å². The number of nitrogens with zero attached hydrogens (tertiary/aromatic N) is 1. The predicted molar refractivity (Wildman–Crippen MR) is 122 cm³/mol. The number of hydrogen-bond donors (Lipinski definition) is 1. The van der Waals surface area contributed by atoms with Crippen molar-refractivity contribution in [2.75, 3.05) is 0 Å². The van der Waals surface area contributed by atoms with Gasteiger partial charge in [0.15, 0.2) is 0 Å². The van der Waals surface area contributed by atoms with E-state index in [2.05, 4.69) is 0 Å². The largest absolute Gasteiger partial charge is 0.489 e. The lowest BCUT2D eigenvalue weighted by Crippen LogP contribution is -2.51. The first kappa shape index (κ1) is 22.5. The van der Waals surface area contributed by atoms with Gasteiger partial charge in [0, 0.05) is 12.0 Å². The van der Waals surface area contributed by atoms with Crippen LogP contribution < -0.4 is 4.74 Å². The number of imide groups is 1. The zero-order valence-corrected chi connectivity index (χ0v) is 18.2. The summed E-state index contributed by atoms with van der Waals surface area (Å²) in [5, 5.41) is 9.74. The van der Waals surface area contributed by atoms with Crippen LogP contribution in [0.3, 0.4) is 0 Å². The molecule has 1 saturated heterocycles. The van der Waals surface area contributed by atoms with Crippen molar-refractivity contribution in [3.8, 4) is 5.75 Å². The number of piperidine rings is 1. The second kappa shape index (κ2) is 10.3. The molecule has 3 aromatic rings. The molecule has 0 aliphatic carbocycles. The fourth-order valence-electron chi connectivity index (χ4n) is 4.30. The number of carbonyl (C=O) groups is 2. The number of benzene rings is 3. The van der Waals surface area contributed by atoms with Crippen molar-refractivity contribution in [1.82, 2.24) is 4.90 Å². The van der Waals surface area contributed by atoms with Crippen LogP contribution in [0.5, 0.6) is 5.75 Å². The van der Waals surface area contributed by atoms with E-state index in [4.69, 9.17) is 4.74 Å². The Hall–Kier alpha value is -3.67. The molecule has 5 nitrogen and oxygen atoms in total. The van der Waals surface area contributed by atoms with Crippen molar-refractivity contribution in [1.29, 1.82) is 0 Å². The number of carbonyl (C=O) groups excluding carboxylic acids is 1. The molecule has 0 saturated carbocycles. The topological polar surface area (TPSA) is 66.8 Å². The van der Waals surface area contributed by atoms with Crippen molar-refractivity contribution < 1.29 is 23.8 Å². The first-order valence-corrected chi connectivity index (χ1v) is 11.1. The summed E-state index contributed by atoms with van der Waals surface area (Å²) in [5.74, 6) is -0.406. The molecule has 1 heterocycles. The molecule has 1 fully saturated rings. The summed E-state index contributed by atoms with van der Waals surface area (Å²) in [4.78, 5) is 25.9. The quantitative estimate of drug-likeness (QED) is 0.521. The maximum absolute atomic E-state index is 13.2. The molecule has 0 spiro atoms. The van der Waals surface area contributed by atoms with Gasteiger partial charge in [-0.2, -0.15) is 0 Å². The molecule has 6 heteroatoms. The number of likely N-dealkylation sites (tertiary alicyclic amines) is 1. The van der Waals surface area contributed by atoms with Crippen LogP contribution in [0.4, 0.5) is 9.18 Å². The fraction of sp³-hybridized carbons (Fsp3) is 0.259. The second-order valence-corrected chi connectivity index (χ2v) is 8.37. The van der Waals surface area contributed by atoms with Gasteiger partial charge in [-0.25, -0.2) is 14.1 Å². The van der Waals surface area contributed by atoms with E-state index in [1.165, 1.54) is 12.1 Å². The Balaban J connectivity index is 1.37. The minimum Gasteiger partial charge on any atom is -0.489 e. The van der Waals surface area contributed by atoms with Crippen molar-refractivity contribution in [2.45, 2.75) is 38.3 Å². The first-order valence-electron chi connectivity index (χ1n) is 11.1. The van der Waals surface area contributed by atoms with Crippen molar-refractivity contribution in [2.24, 2.45) is 5.92 Å². The van der Waals surface area contributed by atoms with E-state index in [-0.39, 0.29) is 11.7 Å². The average Bonchev–Trinajstić information content (AvgIpc) is 2.82. The molecule has 4 rings (SSSR count). The minimum atomic E-state index is -1.23. The van der Waals surface area contributed by atoms with Crippen LogP contribution in [0.25, 0.3) is 0 Å². The third-order valence-electron chi connectivity index (χ3n) is 6.04. The Kier molecular flexibility index (Phi) is 7.03. The monoisotopic (exact) mass is 447 g/mol. The smallest absolute Gasteiger partial charge is 0.414 e. The molecule has 0 unspecified atom stereocenters. The lowest BCUT2D eigenvalue weighted by Gasteiger charge is -2.36. The summed E-state index contributed by atoms with van der Waals surface area (Å²) in [6.07, 6.45) is 0.833. The maximum atomic E-state index is 13.2. The van der Waals surface area contributed by atoms with Gasteiger partial charge in [-0.3, -0.25) is 4.79 Å². The lowest BCUT2D eigenvalue weighted by atomic mass is 9.85. The summed E-state index contributed by atoms with van der Waals surface area (Å²) in [6, 6.07) is 23.0. The summed E-state index contributed by atoms with van der Waals surface area (Å²) in [5.41, 5.74) is 2.85. The normalized spacial score (nSPS) is 18.2. The molecular weight excluding hydrogens is 421 g/mol. The average molecular weight is 448 g/mol. The van der Waals surface area contributed by atoms with Gasteiger partial charge in [0.25, 0.3) is 0 Å². The molecule has 3 aromatic carbocycles. The Morgan fingerprint density at radius 2 is 1.52 bits per heavy atom. The molecule has 0 aromatic heterocycles. The Morgan fingerprint density at radius 1 is 0.879 bits per heavy atom. The van der Waals surface area contributed by atoms with Gasteiger partial charge in [-0.15, -0.1) is 0 Å². The third kappa shape index (κ3) is 5.77. The van der Waals surface area contributed by atoms with Crippen LogP contribution in [0.2, 0.25) is 0 Å². The van der Waals surface area contributed by atoms with Gasteiger partial charge < -0.3 is 9.84 Å². The number of hydrogen-bond acceptors (Lipinski definition) is 3. The van der Waals surface area contributed by atoms with Crippen LogP contribution in [-0.4, -0.2) is 28.0 Å². The zero-order valence-electron chi connectivity index (χ0n) is 18.2. The molecule has 1 aliphatic rings. The summed E-state index contributed by atoms with van der Waals surface area (Å²) < 4.78 is 19.0. The molecule has 0 bridgehead atoms. The highest BCUT2D eigenvalue weighted by Gasteiger charge is 2.39. The van der Waals surface area contributed by atoms with Gasteiger partial charge in [0.1, 0.15) is 18.2 Å². The molecular formula is C27H26FNO4. The second-order valence-electron chi connectivity index (χ2n) is 8.37. The highest BCUT2D eigenvalue weighted by molar-refractivity contribution is 5.93. The van der Waals surface area contributed by atoms with Crippen LogP contribution in [-0.2, 0) is 24.2 Å². The Bertz CT molecular complexity index is 1080. The summed E-state index contributed by atoms with van der Waals surface area (Å²) >= 11 is 0. The van der Waals surface area contributed by atoms with Crippen LogP contribution >= 0.6 is 0 Å². The molecule has 33 heavy (non-hydrogen) atoms. The minimum absolute atomic E-state index is 0.336. The van der Waals surface area contributed by atoms with E-state index in [0.717, 1.165) is 27.3 Å². The SMILES string of the molecule is O=C(O)N1C(=O)[C@@H](Cc2ccc(F)cc2)CC[C@@H]1Cc1ccc(OCc2ccccc2)cc1. The standard InChI is InChI=1S/C27H26FNO4/c28-23-11-6-19(7-12-23)16-22-10-13-24(29(26(22)30)27(31)32)17-20-8-14-25(15-9-20)33-18-21-4-2-1-3-5-21/h1-9,11-12,14-15,22,24H,10,13,16-18H2,(H,31,32)/t22-,24-/m1/s1. The molecule has 2 amide bonds. The van der Waals surface area contributed by atoms with E-state index in [1.54, 1.807) is 12.1 Å². The zero-order chi connectivity index (χ0) is 23.2. The van der Waals surface area contributed by atoms with E-state index in [1.807, 2.05) is 54.6 Å². The third-order valence-corrected chi connectivity index (χ3v) is 6.04. The number of ether oxygens (including phenoxy) is 1. The number of amides is 2. The maximum Gasteiger partial charge on any atom is 0.414 e. The van der Waals surface area contributed by atoms with Gasteiger partial charge in [-0.05, 0) is 66.6 Å². The van der Waals surface area contributed by atoms with Gasteiger partial charge in [0.05, 0.1) is 0 Å². The molecule has 0 radical (unpaired) electrons. The number of rotatable bonds is 7. The van der Waals surface area contributed by atoms with E-state index in [0.29, 0.717) is 32.3 Å². The van der Waals surface area contributed by atoms with Crippen LogP contribution in [0.1, 0.15) is 29.5 Å². The number of carboxylic acid groups (broad SMARTS) is 1. The fourth-order valence-corrected chi connectivity index (χ4v) is 4.30. The highest BCUT2D eigenvalue weighted by atomic mass is 19.1. The molecule has 1 aliphatic heterocycles. The molecule has 1 N–H and O–H groups in total. The molecule has 170 valence electrons. The molecule has 2 atom stereocenters. The Labute approximate surface area is 192 Å². The van der Waals surface area contributed by atoms with Gasteiger partial charge in [0.2, 0.25) is 5.91 Å². The van der Waals surface area contributed by atoms with Crippen LogP contribution in [0, 0.1) is 11.7 Å². The van der Waals surface area contributed by atoms with E-state index < -0.39 is 18.1 Å². The van der Waals surface area contributed by atoms with Gasteiger partial charge in [-0.1, -0.05) is 54.6 Å². The lowest BCUT2D eigenvalue weighted by molar-refractivity contribution is -0.138. The summed E-state index contributed by atoms with van der Waals surface area (Å²) in [7, 11) is 0.